The number of pyridine rings is 1. The largest absolute Gasteiger partial charge is 0.507 e. The molecule has 2 heterocycles. The fourth-order valence-corrected chi connectivity index (χ4v) is 3.37. The maximum atomic E-state index is 12.8. The van der Waals surface area contributed by atoms with Gasteiger partial charge in [-0.15, -0.1) is 0 Å². The number of carbonyl (C=O) groups is 2. The van der Waals surface area contributed by atoms with Crippen molar-refractivity contribution in [3.63, 3.8) is 0 Å². The first kappa shape index (κ1) is 19.9. The summed E-state index contributed by atoms with van der Waals surface area (Å²) in [5.41, 5.74) is 0.733. The van der Waals surface area contributed by atoms with E-state index in [1.54, 1.807) is 36.5 Å². The molecule has 1 amide bonds. The number of aromatic nitrogens is 1. The molecule has 28 heavy (non-hydrogen) atoms. The van der Waals surface area contributed by atoms with Crippen molar-refractivity contribution >= 4 is 29.1 Å². The predicted molar refractivity (Wildman–Crippen MR) is 103 cm³/mol. The lowest BCUT2D eigenvalue weighted by Crippen LogP contribution is -2.33. The first-order valence-corrected chi connectivity index (χ1v) is 8.89. The number of halogens is 1. The molecule has 1 unspecified atom stereocenters. The Bertz CT molecular complexity index is 929. The van der Waals surface area contributed by atoms with Gasteiger partial charge in [-0.2, -0.15) is 0 Å². The topological polar surface area (TPSA) is 89.0 Å². The molecule has 146 valence electrons. The lowest BCUT2D eigenvalue weighted by Gasteiger charge is -2.24. The first-order valence-electron chi connectivity index (χ1n) is 8.51. The number of amides is 1. The molecule has 1 atom stereocenters. The van der Waals surface area contributed by atoms with Crippen LogP contribution in [0.15, 0.2) is 48.2 Å². The van der Waals surface area contributed by atoms with Gasteiger partial charge in [0.25, 0.3) is 11.7 Å². The van der Waals surface area contributed by atoms with Crippen LogP contribution in [0.5, 0.6) is 5.75 Å². The Kier molecular flexibility index (Phi) is 5.96. The molecule has 1 aliphatic rings. The summed E-state index contributed by atoms with van der Waals surface area (Å²) in [6.45, 7) is 0.424. The Balaban J connectivity index is 2.15. The van der Waals surface area contributed by atoms with Crippen LogP contribution < -0.4 is 4.74 Å². The van der Waals surface area contributed by atoms with Crippen LogP contribution in [0.1, 0.15) is 17.3 Å². The van der Waals surface area contributed by atoms with Crippen molar-refractivity contribution in [3.05, 3.63) is 64.4 Å². The third-order valence-electron chi connectivity index (χ3n) is 4.47. The van der Waals surface area contributed by atoms with E-state index in [2.05, 4.69) is 4.98 Å². The number of benzene rings is 1. The molecular formula is C20H19ClN2O5. The van der Waals surface area contributed by atoms with E-state index in [-0.39, 0.29) is 29.5 Å². The third kappa shape index (κ3) is 3.58. The second-order valence-corrected chi connectivity index (χ2v) is 6.50. The molecule has 1 saturated heterocycles. The van der Waals surface area contributed by atoms with Crippen LogP contribution in [0.4, 0.5) is 0 Å². The van der Waals surface area contributed by atoms with Gasteiger partial charge in [-0.3, -0.25) is 14.6 Å². The zero-order chi connectivity index (χ0) is 20.3. The molecular weight excluding hydrogens is 384 g/mol. The van der Waals surface area contributed by atoms with Crippen LogP contribution in [-0.2, 0) is 14.3 Å². The van der Waals surface area contributed by atoms with Gasteiger partial charge in [-0.05, 0) is 30.3 Å². The Hall–Kier alpha value is -2.90. The summed E-state index contributed by atoms with van der Waals surface area (Å²) in [6, 6.07) is 8.99. The Morgan fingerprint density at radius 1 is 1.25 bits per heavy atom. The van der Waals surface area contributed by atoms with E-state index in [0.717, 1.165) is 0 Å². The second kappa shape index (κ2) is 8.41. The van der Waals surface area contributed by atoms with Gasteiger partial charge in [-0.25, -0.2) is 0 Å². The van der Waals surface area contributed by atoms with Gasteiger partial charge in [0.1, 0.15) is 17.6 Å². The van der Waals surface area contributed by atoms with Gasteiger partial charge in [0.15, 0.2) is 0 Å². The van der Waals surface area contributed by atoms with Crippen molar-refractivity contribution in [2.45, 2.75) is 6.04 Å². The molecule has 1 aliphatic heterocycles. The van der Waals surface area contributed by atoms with E-state index in [9.17, 15) is 14.7 Å². The molecule has 0 aliphatic carbocycles. The molecule has 1 aromatic heterocycles. The highest BCUT2D eigenvalue weighted by molar-refractivity contribution is 6.46. The van der Waals surface area contributed by atoms with Crippen molar-refractivity contribution < 1.29 is 24.2 Å². The van der Waals surface area contributed by atoms with Crippen molar-refractivity contribution in [1.82, 2.24) is 9.88 Å². The molecule has 7 nitrogen and oxygen atoms in total. The maximum absolute atomic E-state index is 12.8. The summed E-state index contributed by atoms with van der Waals surface area (Å²) in [6.07, 6.45) is 1.57. The van der Waals surface area contributed by atoms with Crippen LogP contribution in [0.3, 0.4) is 0 Å². The monoisotopic (exact) mass is 402 g/mol. The number of methoxy groups -OCH3 is 2. The number of nitrogens with zero attached hydrogens (tertiary/aromatic N) is 2. The molecule has 3 rings (SSSR count). The number of hydrogen-bond acceptors (Lipinski definition) is 6. The minimum atomic E-state index is -0.822. The summed E-state index contributed by atoms with van der Waals surface area (Å²) in [5, 5.41) is 11.2. The average Bonchev–Trinajstić information content (AvgIpc) is 2.97. The highest BCUT2D eigenvalue weighted by Crippen LogP contribution is 2.39. The van der Waals surface area contributed by atoms with Crippen molar-refractivity contribution in [2.24, 2.45) is 0 Å². The maximum Gasteiger partial charge on any atom is 0.295 e. The van der Waals surface area contributed by atoms with Crippen LogP contribution in [0, 0.1) is 0 Å². The Morgan fingerprint density at radius 3 is 2.64 bits per heavy atom. The van der Waals surface area contributed by atoms with Gasteiger partial charge in [0.2, 0.25) is 0 Å². The van der Waals surface area contributed by atoms with Crippen LogP contribution in [-0.4, -0.2) is 54.1 Å². The molecule has 1 aromatic carbocycles. The van der Waals surface area contributed by atoms with Gasteiger partial charge in [0.05, 0.1) is 30.0 Å². The highest BCUT2D eigenvalue weighted by Gasteiger charge is 2.46. The molecule has 2 aromatic rings. The SMILES string of the molecule is COCCN1C(=O)C(=O)/C(=C(\O)c2ccc(OC)c(Cl)c2)C1c1ccccn1. The normalized spacial score (nSPS) is 18.5. The first-order chi connectivity index (χ1) is 13.5. The number of ether oxygens (including phenoxy) is 2. The number of carbonyl (C=O) groups excluding carboxylic acids is 2. The highest BCUT2D eigenvalue weighted by atomic mass is 35.5. The van der Waals surface area contributed by atoms with Crippen LogP contribution in [0.25, 0.3) is 5.76 Å². The molecule has 1 N–H and O–H groups in total. The summed E-state index contributed by atoms with van der Waals surface area (Å²) >= 11 is 6.15. The number of likely N-dealkylation sites (tertiary alicyclic amines) is 1. The van der Waals surface area contributed by atoms with Gasteiger partial charge in [0, 0.05) is 25.4 Å². The predicted octanol–water partition coefficient (Wildman–Crippen LogP) is 2.81. The minimum Gasteiger partial charge on any atom is -0.507 e. The average molecular weight is 403 g/mol. The van der Waals surface area contributed by atoms with Gasteiger partial charge < -0.3 is 19.5 Å². The van der Waals surface area contributed by atoms with Crippen LogP contribution in [0.2, 0.25) is 5.02 Å². The quantitative estimate of drug-likeness (QED) is 0.454. The number of Topliss-reactive ketones (excluding diaryl/α,β-unsaturated/α-hetero) is 1. The molecule has 1 fully saturated rings. The zero-order valence-corrected chi connectivity index (χ0v) is 16.1. The van der Waals surface area contributed by atoms with Gasteiger partial charge >= 0.3 is 0 Å². The molecule has 0 saturated carbocycles. The van der Waals surface area contributed by atoms with Crippen molar-refractivity contribution in [2.75, 3.05) is 27.4 Å². The van der Waals surface area contributed by atoms with E-state index >= 15 is 0 Å². The molecule has 0 bridgehead atoms. The number of aliphatic hydroxyl groups is 1. The van der Waals surface area contributed by atoms with Crippen LogP contribution >= 0.6 is 11.6 Å². The minimum absolute atomic E-state index is 0.0407. The standard InChI is InChI=1S/C20H19ClN2O5/c1-27-10-9-23-17(14-5-3-4-8-22-14)16(19(25)20(23)26)18(24)12-6-7-15(28-2)13(21)11-12/h3-8,11,17,24H,9-10H2,1-2H3/b18-16-. The Morgan fingerprint density at radius 2 is 2.04 bits per heavy atom. The third-order valence-corrected chi connectivity index (χ3v) is 4.76. The zero-order valence-electron chi connectivity index (χ0n) is 15.4. The smallest absolute Gasteiger partial charge is 0.295 e. The van der Waals surface area contributed by atoms with Crippen molar-refractivity contribution in [3.8, 4) is 5.75 Å². The molecule has 0 radical (unpaired) electrons. The Labute approximate surface area is 167 Å². The van der Waals surface area contributed by atoms with Crippen molar-refractivity contribution in [1.29, 1.82) is 0 Å². The second-order valence-electron chi connectivity index (χ2n) is 6.09. The number of aliphatic hydroxyl groups excluding tert-OH is 1. The fraction of sp³-hybridized carbons (Fsp3) is 0.250. The lowest BCUT2D eigenvalue weighted by molar-refractivity contribution is -0.140. The van der Waals surface area contributed by atoms with E-state index in [4.69, 9.17) is 21.1 Å². The lowest BCUT2D eigenvalue weighted by atomic mass is 9.98. The number of ketones is 1. The number of rotatable bonds is 6. The molecule has 8 heteroatoms. The van der Waals surface area contributed by atoms with E-state index in [0.29, 0.717) is 17.0 Å². The fourth-order valence-electron chi connectivity index (χ4n) is 3.11. The van der Waals surface area contributed by atoms with Gasteiger partial charge in [-0.1, -0.05) is 17.7 Å². The van der Waals surface area contributed by atoms with E-state index in [1.807, 2.05) is 0 Å². The molecule has 0 spiro atoms. The summed E-state index contributed by atoms with van der Waals surface area (Å²) < 4.78 is 10.2. The number of hydrogen-bond donors (Lipinski definition) is 1. The summed E-state index contributed by atoms with van der Waals surface area (Å²) in [5.74, 6) is -1.39. The van der Waals surface area contributed by atoms with E-state index < -0.39 is 17.7 Å². The summed E-state index contributed by atoms with van der Waals surface area (Å²) in [4.78, 5) is 31.0. The summed E-state index contributed by atoms with van der Waals surface area (Å²) in [7, 11) is 2.98. The van der Waals surface area contributed by atoms with E-state index in [1.165, 1.54) is 25.2 Å².